The van der Waals surface area contributed by atoms with Gasteiger partial charge in [0.1, 0.15) is 12.4 Å². The summed E-state index contributed by atoms with van der Waals surface area (Å²) in [7, 11) is 1.65. The second kappa shape index (κ2) is 9.42. The van der Waals surface area contributed by atoms with Crippen molar-refractivity contribution in [2.45, 2.75) is 32.9 Å². The van der Waals surface area contributed by atoms with Crippen molar-refractivity contribution in [2.24, 2.45) is 0 Å². The van der Waals surface area contributed by atoms with Crippen molar-refractivity contribution >= 4 is 5.82 Å². The maximum atomic E-state index is 5.79. The molecule has 1 N–H and O–H groups in total. The quantitative estimate of drug-likeness (QED) is 0.681. The molecule has 144 valence electrons. The topological polar surface area (TPSA) is 46.6 Å². The van der Waals surface area contributed by atoms with Gasteiger partial charge in [-0.05, 0) is 54.7 Å². The minimum absolute atomic E-state index is 0.488. The summed E-state index contributed by atoms with van der Waals surface area (Å²) < 4.78 is 11.2. The normalized spacial score (nSPS) is 13.6. The molecule has 27 heavy (non-hydrogen) atoms. The molecule has 5 nitrogen and oxygen atoms in total. The molecule has 1 fully saturated rings. The second-order valence-corrected chi connectivity index (χ2v) is 7.05. The maximum absolute atomic E-state index is 5.79. The molecular weight excluding hydrogens is 338 g/mol. The smallest absolute Gasteiger partial charge is 0.161 e. The lowest BCUT2D eigenvalue weighted by Gasteiger charge is -2.16. The lowest BCUT2D eigenvalue weighted by molar-refractivity contribution is 0.319. The van der Waals surface area contributed by atoms with Crippen LogP contribution in [-0.4, -0.2) is 31.8 Å². The Morgan fingerprint density at radius 3 is 2.52 bits per heavy atom. The van der Waals surface area contributed by atoms with E-state index < -0.39 is 0 Å². The zero-order valence-electron chi connectivity index (χ0n) is 16.3. The number of aromatic nitrogens is 1. The van der Waals surface area contributed by atoms with Gasteiger partial charge in [-0.2, -0.15) is 0 Å². The molecule has 3 rings (SSSR count). The third-order valence-electron chi connectivity index (χ3n) is 4.60. The Balaban J connectivity index is 1.53. The van der Waals surface area contributed by atoms with E-state index in [1.807, 2.05) is 31.3 Å². The second-order valence-electron chi connectivity index (χ2n) is 7.05. The highest BCUT2D eigenvalue weighted by Gasteiger charge is 2.13. The Morgan fingerprint density at radius 2 is 1.85 bits per heavy atom. The maximum Gasteiger partial charge on any atom is 0.161 e. The van der Waals surface area contributed by atoms with Crippen LogP contribution in [0.5, 0.6) is 11.5 Å². The van der Waals surface area contributed by atoms with Crippen LogP contribution in [0.25, 0.3) is 0 Å². The van der Waals surface area contributed by atoms with E-state index in [-0.39, 0.29) is 0 Å². The number of methoxy groups -OCH3 is 1. The minimum Gasteiger partial charge on any atom is -0.493 e. The summed E-state index contributed by atoms with van der Waals surface area (Å²) in [5, 5.41) is 3.47. The number of pyridine rings is 1. The van der Waals surface area contributed by atoms with Crippen molar-refractivity contribution in [3.8, 4) is 11.5 Å². The van der Waals surface area contributed by atoms with Gasteiger partial charge in [-0.15, -0.1) is 0 Å². The van der Waals surface area contributed by atoms with Crippen molar-refractivity contribution in [1.29, 1.82) is 0 Å². The molecule has 2 aromatic rings. The van der Waals surface area contributed by atoms with E-state index in [1.165, 1.54) is 18.4 Å². The van der Waals surface area contributed by atoms with Gasteiger partial charge in [-0.1, -0.05) is 18.7 Å². The molecular formula is C22H29N3O2. The number of anilines is 1. The molecule has 2 heterocycles. The molecule has 1 aliphatic rings. The van der Waals surface area contributed by atoms with Crippen molar-refractivity contribution in [1.82, 2.24) is 10.3 Å². The zero-order valence-corrected chi connectivity index (χ0v) is 16.3. The van der Waals surface area contributed by atoms with Crippen LogP contribution in [0.2, 0.25) is 0 Å². The summed E-state index contributed by atoms with van der Waals surface area (Å²) in [6.07, 6.45) is 4.51. The molecule has 0 saturated carbocycles. The van der Waals surface area contributed by atoms with Crippen LogP contribution in [0, 0.1) is 0 Å². The van der Waals surface area contributed by atoms with Crippen molar-refractivity contribution in [2.75, 3.05) is 31.7 Å². The first-order valence-corrected chi connectivity index (χ1v) is 9.50. The summed E-state index contributed by atoms with van der Waals surface area (Å²) in [6.45, 7) is 10.1. The molecule has 0 amide bonds. The number of hydrogen-bond acceptors (Lipinski definition) is 5. The highest BCUT2D eigenvalue weighted by Crippen LogP contribution is 2.28. The summed E-state index contributed by atoms with van der Waals surface area (Å²) in [4.78, 5) is 6.95. The molecule has 1 aliphatic heterocycles. The van der Waals surface area contributed by atoms with Crippen molar-refractivity contribution in [3.63, 3.8) is 0 Å². The van der Waals surface area contributed by atoms with Gasteiger partial charge < -0.3 is 19.7 Å². The fourth-order valence-corrected chi connectivity index (χ4v) is 3.15. The first-order chi connectivity index (χ1) is 13.2. The Kier molecular flexibility index (Phi) is 6.71. The Labute approximate surface area is 162 Å². The predicted octanol–water partition coefficient (Wildman–Crippen LogP) is 3.94. The molecule has 5 heteroatoms. The summed E-state index contributed by atoms with van der Waals surface area (Å²) in [5.74, 6) is 2.57. The third-order valence-corrected chi connectivity index (χ3v) is 4.60. The average Bonchev–Trinajstić information content (AvgIpc) is 3.22. The number of nitrogens with one attached hydrogen (secondary N) is 1. The van der Waals surface area contributed by atoms with Crippen LogP contribution in [0.4, 0.5) is 5.82 Å². The molecule has 0 atom stereocenters. The number of ether oxygens (including phenoxy) is 2. The third kappa shape index (κ3) is 5.47. The zero-order chi connectivity index (χ0) is 19.1. The lowest BCUT2D eigenvalue weighted by Crippen LogP contribution is -2.19. The number of benzene rings is 1. The van der Waals surface area contributed by atoms with E-state index in [0.29, 0.717) is 6.61 Å². The molecule has 0 aliphatic carbocycles. The minimum atomic E-state index is 0.488. The van der Waals surface area contributed by atoms with Crippen LogP contribution in [0.1, 0.15) is 30.9 Å². The first-order valence-electron chi connectivity index (χ1n) is 9.50. The Hall–Kier alpha value is -2.53. The first kappa shape index (κ1) is 19.2. The fourth-order valence-electron chi connectivity index (χ4n) is 3.15. The Bertz CT molecular complexity index is 753. The van der Waals surface area contributed by atoms with Crippen molar-refractivity contribution < 1.29 is 9.47 Å². The van der Waals surface area contributed by atoms with Gasteiger partial charge >= 0.3 is 0 Å². The van der Waals surface area contributed by atoms with Gasteiger partial charge in [0.2, 0.25) is 0 Å². The standard InChI is InChI=1S/C22H29N3O2/c1-17(2)16-27-21-12-18(6-8-20(21)26-3)13-23-14-19-7-9-22(24-15-19)25-10-4-5-11-25/h6-9,12,15,23H,1,4-5,10-11,13-14,16H2,2-3H3. The molecule has 0 radical (unpaired) electrons. The highest BCUT2D eigenvalue weighted by molar-refractivity contribution is 5.43. The molecule has 1 saturated heterocycles. The summed E-state index contributed by atoms with van der Waals surface area (Å²) in [5.41, 5.74) is 3.31. The van der Waals surface area contributed by atoms with E-state index >= 15 is 0 Å². The van der Waals surface area contributed by atoms with Crippen LogP contribution in [0.3, 0.4) is 0 Å². The highest BCUT2D eigenvalue weighted by atomic mass is 16.5. The van der Waals surface area contributed by atoms with Crippen LogP contribution >= 0.6 is 0 Å². The van der Waals surface area contributed by atoms with Crippen LogP contribution < -0.4 is 19.7 Å². The molecule has 1 aromatic carbocycles. The number of nitrogens with zero attached hydrogens (tertiary/aromatic N) is 2. The van der Waals surface area contributed by atoms with Gasteiger partial charge in [0, 0.05) is 32.4 Å². The van der Waals surface area contributed by atoms with Gasteiger partial charge in [0.05, 0.1) is 7.11 Å². The van der Waals surface area contributed by atoms with Gasteiger partial charge in [0.25, 0.3) is 0 Å². The van der Waals surface area contributed by atoms with E-state index in [1.54, 1.807) is 7.11 Å². The molecule has 1 aromatic heterocycles. The predicted molar refractivity (Wildman–Crippen MR) is 110 cm³/mol. The molecule has 0 spiro atoms. The summed E-state index contributed by atoms with van der Waals surface area (Å²) >= 11 is 0. The largest absolute Gasteiger partial charge is 0.493 e. The van der Waals surface area contributed by atoms with E-state index in [0.717, 1.165) is 54.6 Å². The average molecular weight is 367 g/mol. The molecule has 0 unspecified atom stereocenters. The monoisotopic (exact) mass is 367 g/mol. The molecule has 0 bridgehead atoms. The lowest BCUT2D eigenvalue weighted by atomic mass is 10.2. The van der Waals surface area contributed by atoms with Gasteiger partial charge in [0.15, 0.2) is 11.5 Å². The SMILES string of the molecule is C=C(C)COc1cc(CNCc2ccc(N3CCCC3)nc2)ccc1OC. The number of hydrogen-bond donors (Lipinski definition) is 1. The summed E-state index contributed by atoms with van der Waals surface area (Å²) in [6, 6.07) is 10.3. The fraction of sp³-hybridized carbons (Fsp3) is 0.409. The van der Waals surface area contributed by atoms with E-state index in [2.05, 4.69) is 33.9 Å². The van der Waals surface area contributed by atoms with Gasteiger partial charge in [-0.3, -0.25) is 0 Å². The van der Waals surface area contributed by atoms with Crippen LogP contribution in [0.15, 0.2) is 48.7 Å². The van der Waals surface area contributed by atoms with Crippen molar-refractivity contribution in [3.05, 3.63) is 59.8 Å². The van der Waals surface area contributed by atoms with Gasteiger partial charge in [-0.25, -0.2) is 4.98 Å². The van der Waals surface area contributed by atoms with E-state index in [4.69, 9.17) is 9.47 Å². The van der Waals surface area contributed by atoms with E-state index in [9.17, 15) is 0 Å². The van der Waals surface area contributed by atoms with Crippen LogP contribution in [-0.2, 0) is 13.1 Å². The number of rotatable bonds is 9. The Morgan fingerprint density at radius 1 is 1.11 bits per heavy atom.